The molecule has 146 valence electrons. The van der Waals surface area contributed by atoms with Crippen LogP contribution in [0.25, 0.3) is 0 Å². The van der Waals surface area contributed by atoms with Crippen LogP contribution in [-0.2, 0) is 6.54 Å². The van der Waals surface area contributed by atoms with Gasteiger partial charge in [-0.1, -0.05) is 88.1 Å². The van der Waals surface area contributed by atoms with Gasteiger partial charge in [0.05, 0.1) is 0 Å². The second-order valence-electron chi connectivity index (χ2n) is 6.82. The van der Waals surface area contributed by atoms with Gasteiger partial charge in [-0.25, -0.2) is 0 Å². The second kappa shape index (κ2) is 17.9. The predicted octanol–water partition coefficient (Wildman–Crippen LogP) is 3.94. The molecule has 0 bridgehead atoms. The summed E-state index contributed by atoms with van der Waals surface area (Å²) in [6.07, 6.45) is 13.4. The van der Waals surface area contributed by atoms with Crippen molar-refractivity contribution < 1.29 is 15.7 Å². The molecule has 4 nitrogen and oxygen atoms in total. The van der Waals surface area contributed by atoms with E-state index in [1.165, 1.54) is 63.4 Å². The molecule has 0 radical (unpaired) electrons. The van der Waals surface area contributed by atoms with Crippen LogP contribution in [0.2, 0.25) is 0 Å². The molecule has 4 heteroatoms. The maximum atomic E-state index is 8.75. The van der Waals surface area contributed by atoms with Crippen molar-refractivity contribution in [1.29, 1.82) is 0 Å². The topological polar surface area (TPSA) is 84.0 Å². The quantitative estimate of drug-likeness (QED) is 0.311. The number of hydrogen-bond donors (Lipinski definition) is 3. The van der Waals surface area contributed by atoms with E-state index in [1.54, 1.807) is 0 Å². The first-order chi connectivity index (χ1) is 11.8. The zero-order chi connectivity index (χ0) is 17.3. The summed E-state index contributed by atoms with van der Waals surface area (Å²) < 4.78 is 0. The maximum Gasteiger partial charge on any atom is 0.151 e. The van der Waals surface area contributed by atoms with Crippen molar-refractivity contribution in [2.75, 3.05) is 6.54 Å². The highest BCUT2D eigenvalue weighted by molar-refractivity contribution is 5.14. The Kier molecular flexibility index (Phi) is 17.2. The number of rotatable bonds is 16. The summed E-state index contributed by atoms with van der Waals surface area (Å²) in [6, 6.07) is 10.6. The number of nitrogens with one attached hydrogen (secondary N) is 1. The highest BCUT2D eigenvalue weighted by Gasteiger charge is 1.97. The van der Waals surface area contributed by atoms with Gasteiger partial charge in [0.25, 0.3) is 0 Å². The van der Waals surface area contributed by atoms with E-state index >= 15 is 0 Å². The Morgan fingerprint density at radius 2 is 1.16 bits per heavy atom. The van der Waals surface area contributed by atoms with Gasteiger partial charge in [0, 0.05) is 6.54 Å². The molecule has 1 aromatic carbocycles. The van der Waals surface area contributed by atoms with Gasteiger partial charge in [-0.3, -0.25) is 0 Å². The van der Waals surface area contributed by atoms with Gasteiger partial charge in [-0.05, 0) is 31.4 Å². The molecule has 0 atom stereocenters. The molecular formula is C21H39NO3. The molecule has 5 N–H and O–H groups in total. The van der Waals surface area contributed by atoms with Gasteiger partial charge in [0.15, 0.2) is 6.29 Å². The molecule has 0 heterocycles. The number of unbranched alkanes of at least 4 members (excludes halogenated alkanes) is 10. The number of aliphatic hydroxyl groups excluding tert-OH is 1. The predicted molar refractivity (Wildman–Crippen MR) is 105 cm³/mol. The van der Waals surface area contributed by atoms with E-state index in [0.717, 1.165) is 25.9 Å². The first-order valence-electron chi connectivity index (χ1n) is 9.90. The molecule has 1 rings (SSSR count). The third-order valence-electron chi connectivity index (χ3n) is 4.49. The smallest absolute Gasteiger partial charge is 0.151 e. The third-order valence-corrected chi connectivity index (χ3v) is 4.49. The van der Waals surface area contributed by atoms with Gasteiger partial charge in [-0.2, -0.15) is 0 Å². The Morgan fingerprint density at radius 3 is 1.68 bits per heavy atom. The van der Waals surface area contributed by atoms with Gasteiger partial charge in [-0.15, -0.1) is 0 Å². The normalized spacial score (nSPS) is 10.8. The minimum absolute atomic E-state index is 0. The molecule has 0 fully saturated rings. The average molecular weight is 354 g/mol. The highest BCUT2D eigenvalue weighted by atomic mass is 16.5. The molecule has 0 unspecified atom stereocenters. The fourth-order valence-corrected chi connectivity index (χ4v) is 3.00. The molecule has 0 aliphatic rings. The van der Waals surface area contributed by atoms with E-state index < -0.39 is 6.29 Å². The lowest BCUT2D eigenvalue weighted by Crippen LogP contribution is -2.14. The molecule has 0 aliphatic carbocycles. The van der Waals surface area contributed by atoms with Gasteiger partial charge in [0.2, 0.25) is 0 Å². The molecule has 0 amide bonds. The van der Waals surface area contributed by atoms with Crippen LogP contribution < -0.4 is 5.32 Å². The second-order valence-corrected chi connectivity index (χ2v) is 6.82. The van der Waals surface area contributed by atoms with Crippen molar-refractivity contribution in [3.8, 4) is 0 Å². The van der Waals surface area contributed by atoms with Crippen molar-refractivity contribution >= 4 is 0 Å². The van der Waals surface area contributed by atoms with Crippen LogP contribution in [0.15, 0.2) is 30.3 Å². The van der Waals surface area contributed by atoms with E-state index in [0.29, 0.717) is 6.42 Å². The summed E-state index contributed by atoms with van der Waals surface area (Å²) in [5.41, 5.74) is 1.37. The lowest BCUT2D eigenvalue weighted by molar-refractivity contribution is -0.0466. The molecule has 25 heavy (non-hydrogen) atoms. The molecule has 0 aliphatic heterocycles. The third kappa shape index (κ3) is 16.3. The lowest BCUT2D eigenvalue weighted by Gasteiger charge is -2.05. The molecule has 0 saturated heterocycles. The fraction of sp³-hybridized carbons (Fsp3) is 0.714. The van der Waals surface area contributed by atoms with Crippen molar-refractivity contribution in [1.82, 2.24) is 5.32 Å². The van der Waals surface area contributed by atoms with E-state index in [9.17, 15) is 0 Å². The largest absolute Gasteiger partial charge is 0.412 e. The fourth-order valence-electron chi connectivity index (χ4n) is 3.00. The zero-order valence-corrected chi connectivity index (χ0v) is 15.8. The summed E-state index contributed by atoms with van der Waals surface area (Å²) in [5, 5.41) is 21.0. The summed E-state index contributed by atoms with van der Waals surface area (Å²) in [6.45, 7) is 2.11. The minimum atomic E-state index is -1.11. The lowest BCUT2D eigenvalue weighted by atomic mass is 10.1. The Bertz CT molecular complexity index is 371. The number of hydrogen-bond acceptors (Lipinski definition) is 3. The van der Waals surface area contributed by atoms with Crippen molar-refractivity contribution in [2.45, 2.75) is 89.9 Å². The average Bonchev–Trinajstić information content (AvgIpc) is 2.59. The van der Waals surface area contributed by atoms with Crippen LogP contribution in [-0.4, -0.2) is 28.5 Å². The Labute approximate surface area is 154 Å². The first-order valence-corrected chi connectivity index (χ1v) is 9.90. The SMILES string of the molecule is O.OC(O)CCCCCCCCCCCCCNCc1ccccc1. The summed E-state index contributed by atoms with van der Waals surface area (Å²) in [7, 11) is 0. The Morgan fingerprint density at radius 1 is 0.680 bits per heavy atom. The molecule has 1 aromatic rings. The molecule has 0 spiro atoms. The molecular weight excluding hydrogens is 314 g/mol. The molecule has 0 aromatic heterocycles. The van der Waals surface area contributed by atoms with Crippen molar-refractivity contribution in [3.63, 3.8) is 0 Å². The Hall–Kier alpha value is -0.940. The van der Waals surface area contributed by atoms with Crippen LogP contribution in [0.3, 0.4) is 0 Å². The van der Waals surface area contributed by atoms with E-state index in [-0.39, 0.29) is 5.48 Å². The van der Waals surface area contributed by atoms with E-state index in [4.69, 9.17) is 10.2 Å². The number of aliphatic hydroxyl groups is 2. The summed E-state index contributed by atoms with van der Waals surface area (Å²) in [4.78, 5) is 0. The first kappa shape index (κ1) is 24.1. The maximum absolute atomic E-state index is 8.75. The van der Waals surface area contributed by atoms with Crippen LogP contribution in [0.5, 0.6) is 0 Å². The van der Waals surface area contributed by atoms with Gasteiger partial charge in [0.1, 0.15) is 0 Å². The van der Waals surface area contributed by atoms with Crippen molar-refractivity contribution in [3.05, 3.63) is 35.9 Å². The van der Waals surface area contributed by atoms with Gasteiger partial charge < -0.3 is 21.0 Å². The standard InChI is InChI=1S/C21H37NO2.H2O/c23-21(24)17-13-8-6-4-2-1-3-5-7-9-14-18-22-19-20-15-11-10-12-16-20;/h10-12,15-16,21-24H,1-9,13-14,17-19H2;1H2. The van der Waals surface area contributed by atoms with Crippen molar-refractivity contribution in [2.24, 2.45) is 0 Å². The van der Waals surface area contributed by atoms with Crippen LogP contribution in [0, 0.1) is 0 Å². The zero-order valence-electron chi connectivity index (χ0n) is 15.8. The van der Waals surface area contributed by atoms with E-state index in [1.807, 2.05) is 0 Å². The Balaban J connectivity index is 0.00000576. The highest BCUT2D eigenvalue weighted by Crippen LogP contribution is 2.12. The summed E-state index contributed by atoms with van der Waals surface area (Å²) >= 11 is 0. The molecule has 0 saturated carbocycles. The van der Waals surface area contributed by atoms with Crippen LogP contribution in [0.1, 0.15) is 82.6 Å². The monoisotopic (exact) mass is 353 g/mol. The van der Waals surface area contributed by atoms with Crippen LogP contribution in [0.4, 0.5) is 0 Å². The minimum Gasteiger partial charge on any atom is -0.412 e. The van der Waals surface area contributed by atoms with E-state index in [2.05, 4.69) is 35.6 Å². The number of benzene rings is 1. The van der Waals surface area contributed by atoms with Crippen LogP contribution >= 0.6 is 0 Å². The van der Waals surface area contributed by atoms with Gasteiger partial charge >= 0.3 is 0 Å². The summed E-state index contributed by atoms with van der Waals surface area (Å²) in [5.74, 6) is 0.